The van der Waals surface area contributed by atoms with Gasteiger partial charge in [0.1, 0.15) is 5.65 Å². The normalized spacial score (nSPS) is 22.7. The second-order valence-electron chi connectivity index (χ2n) is 7.98. The highest BCUT2D eigenvalue weighted by Crippen LogP contribution is 2.53. The quantitative estimate of drug-likeness (QED) is 0.669. The first-order valence-electron chi connectivity index (χ1n) is 9.41. The van der Waals surface area contributed by atoms with Crippen molar-refractivity contribution in [3.8, 4) is 0 Å². The van der Waals surface area contributed by atoms with Crippen LogP contribution in [-0.2, 0) is 10.3 Å². The summed E-state index contributed by atoms with van der Waals surface area (Å²) in [6.45, 7) is 4.24. The van der Waals surface area contributed by atoms with E-state index in [1.165, 1.54) is 0 Å². The largest absolute Gasteiger partial charge is 0.493 e. The number of nitrogens with zero attached hydrogens (tertiary/aromatic N) is 2. The van der Waals surface area contributed by atoms with Crippen LogP contribution in [0.25, 0.3) is 11.0 Å². The smallest absolute Gasteiger partial charge is 0.423 e. The van der Waals surface area contributed by atoms with Crippen LogP contribution in [0.1, 0.15) is 38.2 Å². The topological polar surface area (TPSA) is 90.5 Å². The van der Waals surface area contributed by atoms with Crippen molar-refractivity contribution in [3.05, 3.63) is 24.0 Å². The summed E-state index contributed by atoms with van der Waals surface area (Å²) in [6, 6.07) is 2.06. The molecule has 5 rings (SSSR count). The average Bonchev–Trinajstić information content (AvgIpc) is 3.17. The Bertz CT molecular complexity index is 866. The van der Waals surface area contributed by atoms with E-state index in [9.17, 15) is 9.82 Å². The Kier molecular flexibility index (Phi) is 3.40. The third-order valence-electron chi connectivity index (χ3n) is 6.46. The monoisotopic (exact) mass is 354 g/mol. The maximum absolute atomic E-state index is 12.0. The van der Waals surface area contributed by atoms with Gasteiger partial charge in [-0.2, -0.15) is 0 Å². The number of amides is 2. The van der Waals surface area contributed by atoms with E-state index >= 15 is 0 Å². The number of nitrogens with one attached hydrogen (secondary N) is 2. The van der Waals surface area contributed by atoms with Crippen LogP contribution in [-0.4, -0.2) is 52.7 Å². The summed E-state index contributed by atoms with van der Waals surface area (Å²) in [5.41, 5.74) is 2.51. The summed E-state index contributed by atoms with van der Waals surface area (Å²) in [7, 11) is -0.904. The molecular weight excluding hydrogens is 331 g/mol. The fraction of sp³-hybridized carbons (Fsp3) is 0.556. The lowest BCUT2D eigenvalue weighted by Gasteiger charge is -2.55. The number of carbonyl (C=O) groups is 1. The van der Waals surface area contributed by atoms with E-state index in [0.717, 1.165) is 60.8 Å². The van der Waals surface area contributed by atoms with Crippen LogP contribution < -0.4 is 10.8 Å². The minimum absolute atomic E-state index is 0.0383. The second kappa shape index (κ2) is 5.47. The van der Waals surface area contributed by atoms with Gasteiger partial charge >= 0.3 is 13.1 Å². The Labute approximate surface area is 152 Å². The number of pyridine rings is 1. The molecule has 4 heterocycles. The van der Waals surface area contributed by atoms with E-state index in [-0.39, 0.29) is 11.4 Å². The maximum Gasteiger partial charge on any atom is 0.493 e. The minimum atomic E-state index is -0.904. The molecule has 7 nitrogen and oxygen atoms in total. The van der Waals surface area contributed by atoms with Crippen molar-refractivity contribution in [1.82, 2.24) is 20.2 Å². The van der Waals surface area contributed by atoms with Crippen molar-refractivity contribution in [2.75, 3.05) is 19.6 Å². The second-order valence-corrected chi connectivity index (χ2v) is 7.98. The highest BCUT2D eigenvalue weighted by molar-refractivity contribution is 6.62. The molecule has 2 fully saturated rings. The number of hydrogen-bond donors (Lipinski definition) is 3. The highest BCUT2D eigenvalue weighted by atomic mass is 16.5. The highest BCUT2D eigenvalue weighted by Gasteiger charge is 2.56. The first-order chi connectivity index (χ1) is 12.6. The zero-order valence-electron chi connectivity index (χ0n) is 14.9. The molecule has 1 saturated heterocycles. The zero-order chi connectivity index (χ0) is 17.9. The van der Waals surface area contributed by atoms with E-state index in [1.54, 1.807) is 6.20 Å². The molecular formula is C18H23BN4O3. The fourth-order valence-electron chi connectivity index (χ4n) is 5.09. The van der Waals surface area contributed by atoms with Crippen LogP contribution in [0.3, 0.4) is 0 Å². The molecule has 136 valence electrons. The van der Waals surface area contributed by atoms with Gasteiger partial charge in [-0.05, 0) is 44.2 Å². The summed E-state index contributed by atoms with van der Waals surface area (Å²) in [5, 5.41) is 14.4. The van der Waals surface area contributed by atoms with Crippen molar-refractivity contribution in [2.45, 2.75) is 38.2 Å². The summed E-state index contributed by atoms with van der Waals surface area (Å²) < 4.78 is 6.12. The Morgan fingerprint density at radius 1 is 1.42 bits per heavy atom. The molecule has 26 heavy (non-hydrogen) atoms. The van der Waals surface area contributed by atoms with Crippen LogP contribution in [0.5, 0.6) is 0 Å². The summed E-state index contributed by atoms with van der Waals surface area (Å²) >= 11 is 0. The molecule has 3 N–H and O–H groups in total. The van der Waals surface area contributed by atoms with Crippen LogP contribution in [0.15, 0.2) is 18.5 Å². The van der Waals surface area contributed by atoms with Crippen LogP contribution in [0, 0.1) is 5.41 Å². The molecule has 2 aliphatic heterocycles. The predicted octanol–water partition coefficient (Wildman–Crippen LogP) is 1.08. The molecule has 2 aromatic rings. The van der Waals surface area contributed by atoms with Gasteiger partial charge in [0.2, 0.25) is 0 Å². The van der Waals surface area contributed by atoms with Gasteiger partial charge in [0.05, 0.1) is 5.60 Å². The number of fused-ring (bicyclic) bond motifs is 4. The molecule has 0 aromatic carbocycles. The third kappa shape index (κ3) is 2.15. The number of aromatic amines is 1. The number of rotatable bonds is 1. The van der Waals surface area contributed by atoms with Crippen LogP contribution in [0.2, 0.25) is 0 Å². The van der Waals surface area contributed by atoms with Gasteiger partial charge in [-0.25, -0.2) is 9.78 Å². The Morgan fingerprint density at radius 2 is 2.19 bits per heavy atom. The van der Waals surface area contributed by atoms with Gasteiger partial charge in [-0.3, -0.25) is 0 Å². The first-order valence-corrected chi connectivity index (χ1v) is 9.41. The minimum Gasteiger partial charge on any atom is -0.423 e. The third-order valence-corrected chi connectivity index (χ3v) is 6.46. The van der Waals surface area contributed by atoms with Gasteiger partial charge < -0.3 is 24.9 Å². The van der Waals surface area contributed by atoms with E-state index in [0.29, 0.717) is 6.54 Å². The molecule has 1 saturated carbocycles. The number of H-pyrrole nitrogens is 1. The van der Waals surface area contributed by atoms with Crippen molar-refractivity contribution < 1.29 is 14.5 Å². The molecule has 3 aliphatic rings. The van der Waals surface area contributed by atoms with Gasteiger partial charge in [-0.15, -0.1) is 0 Å². The fourth-order valence-corrected chi connectivity index (χ4v) is 5.09. The lowest BCUT2D eigenvalue weighted by Crippen LogP contribution is -2.62. The Morgan fingerprint density at radius 3 is 2.92 bits per heavy atom. The lowest BCUT2D eigenvalue weighted by atomic mass is 9.63. The van der Waals surface area contributed by atoms with Gasteiger partial charge in [0, 0.05) is 48.3 Å². The number of carbonyl (C=O) groups excluding carboxylic acids is 1. The standard InChI is InChI=1S/C18H23BN4O3/c1-2-20-16(24)23-10-17(11-23)4-6-18(7-5-17)14-12-3-8-21-15(12)22-9-13(14)19(25)26-18/h3,8-9,25H,2,4-7,10-11H2,1H3,(H,20,24)(H,21,22). The molecule has 0 bridgehead atoms. The van der Waals surface area contributed by atoms with Crippen molar-refractivity contribution >= 4 is 29.6 Å². The number of likely N-dealkylation sites (tertiary alicyclic amines) is 1. The zero-order valence-corrected chi connectivity index (χ0v) is 14.9. The van der Waals surface area contributed by atoms with Crippen LogP contribution >= 0.6 is 0 Å². The van der Waals surface area contributed by atoms with Crippen molar-refractivity contribution in [3.63, 3.8) is 0 Å². The predicted molar refractivity (Wildman–Crippen MR) is 98.0 cm³/mol. The van der Waals surface area contributed by atoms with Gasteiger partial charge in [0.25, 0.3) is 0 Å². The molecule has 2 spiro atoms. The maximum atomic E-state index is 12.0. The molecule has 2 amide bonds. The van der Waals surface area contributed by atoms with Crippen LogP contribution in [0.4, 0.5) is 4.79 Å². The molecule has 0 unspecified atom stereocenters. The first kappa shape index (κ1) is 16.1. The Balaban J connectivity index is 1.38. The van der Waals surface area contributed by atoms with E-state index in [2.05, 4.69) is 15.3 Å². The van der Waals surface area contributed by atoms with E-state index in [1.807, 2.05) is 24.1 Å². The molecule has 1 aliphatic carbocycles. The van der Waals surface area contributed by atoms with Crippen molar-refractivity contribution in [1.29, 1.82) is 0 Å². The molecule has 0 radical (unpaired) electrons. The summed E-state index contributed by atoms with van der Waals surface area (Å²) in [5.74, 6) is 0. The van der Waals surface area contributed by atoms with Gasteiger partial charge in [-0.1, -0.05) is 0 Å². The van der Waals surface area contributed by atoms with E-state index < -0.39 is 12.7 Å². The number of aromatic nitrogens is 2. The van der Waals surface area contributed by atoms with Gasteiger partial charge in [0.15, 0.2) is 0 Å². The summed E-state index contributed by atoms with van der Waals surface area (Å²) in [6.07, 6.45) is 7.36. The van der Waals surface area contributed by atoms with Crippen molar-refractivity contribution in [2.24, 2.45) is 5.41 Å². The average molecular weight is 354 g/mol. The number of urea groups is 1. The lowest BCUT2D eigenvalue weighted by molar-refractivity contribution is -0.0700. The molecule has 8 heteroatoms. The molecule has 2 aromatic heterocycles. The SMILES string of the molecule is CCNC(=O)N1CC2(CCC3(CC2)OB(O)c2cnc4[nH]ccc4c23)C1. The number of hydrogen-bond acceptors (Lipinski definition) is 4. The van der Waals surface area contributed by atoms with E-state index in [4.69, 9.17) is 4.65 Å². The molecule has 0 atom stereocenters. The Hall–Kier alpha value is -2.06. The summed E-state index contributed by atoms with van der Waals surface area (Å²) in [4.78, 5) is 21.4.